The Kier molecular flexibility index (Phi) is 3.05. The van der Waals surface area contributed by atoms with Gasteiger partial charge in [-0.05, 0) is 18.5 Å². The number of nitrogens with one attached hydrogen (secondary N) is 1. The number of rotatable bonds is 2. The first-order valence-electron chi connectivity index (χ1n) is 5.37. The Bertz CT molecular complexity index is 315. The molecule has 15 heavy (non-hydrogen) atoms. The molecule has 1 aromatic carbocycles. The van der Waals surface area contributed by atoms with Crippen LogP contribution in [0, 0.1) is 5.92 Å². The Morgan fingerprint density at radius 1 is 1.33 bits per heavy atom. The zero-order chi connectivity index (χ0) is 10.7. The topological polar surface area (TPSA) is 52.5 Å². The van der Waals surface area contributed by atoms with Crippen LogP contribution in [0.25, 0.3) is 0 Å². The fraction of sp³-hybridized carbons (Fsp3) is 0.500. The van der Waals surface area contributed by atoms with Crippen molar-refractivity contribution in [3.05, 3.63) is 35.9 Å². The van der Waals surface area contributed by atoms with E-state index in [2.05, 4.69) is 5.32 Å². The van der Waals surface area contributed by atoms with Gasteiger partial charge in [-0.1, -0.05) is 30.3 Å². The average molecular weight is 207 g/mol. The Balaban J connectivity index is 2.30. The van der Waals surface area contributed by atoms with Gasteiger partial charge in [0.05, 0.1) is 12.2 Å². The van der Waals surface area contributed by atoms with E-state index in [1.165, 1.54) is 0 Å². The first kappa shape index (κ1) is 10.6. The number of benzene rings is 1. The standard InChI is InChI=1S/C12H17NO2/c14-9-11-8-13-7-6-12(11,15)10-4-2-1-3-5-10/h1-5,11,13-15H,6-9H2. The summed E-state index contributed by atoms with van der Waals surface area (Å²) in [7, 11) is 0. The van der Waals surface area contributed by atoms with Crippen molar-refractivity contribution in [2.45, 2.75) is 12.0 Å². The average Bonchev–Trinajstić information content (AvgIpc) is 2.31. The smallest absolute Gasteiger partial charge is 0.0970 e. The van der Waals surface area contributed by atoms with Gasteiger partial charge in [-0.2, -0.15) is 0 Å². The fourth-order valence-corrected chi connectivity index (χ4v) is 2.25. The predicted octanol–water partition coefficient (Wildman–Crippen LogP) is 0.476. The van der Waals surface area contributed by atoms with Crippen molar-refractivity contribution in [3.8, 4) is 0 Å². The minimum Gasteiger partial charge on any atom is -0.396 e. The second kappa shape index (κ2) is 4.31. The maximum absolute atomic E-state index is 10.6. The monoisotopic (exact) mass is 207 g/mol. The van der Waals surface area contributed by atoms with Crippen molar-refractivity contribution in [1.82, 2.24) is 5.32 Å². The van der Waals surface area contributed by atoms with Crippen LogP contribution >= 0.6 is 0 Å². The van der Waals surface area contributed by atoms with E-state index in [9.17, 15) is 10.2 Å². The summed E-state index contributed by atoms with van der Waals surface area (Å²) in [5.74, 6) is -0.117. The molecule has 1 aliphatic rings. The third-order valence-electron chi connectivity index (χ3n) is 3.24. The quantitative estimate of drug-likeness (QED) is 0.661. The largest absolute Gasteiger partial charge is 0.396 e. The van der Waals surface area contributed by atoms with E-state index in [0.717, 1.165) is 12.1 Å². The predicted molar refractivity (Wildman–Crippen MR) is 58.4 cm³/mol. The van der Waals surface area contributed by atoms with Gasteiger partial charge in [0.25, 0.3) is 0 Å². The zero-order valence-electron chi connectivity index (χ0n) is 8.69. The SMILES string of the molecule is OCC1CNCCC1(O)c1ccccc1. The van der Waals surface area contributed by atoms with Crippen molar-refractivity contribution in [2.75, 3.05) is 19.7 Å². The first-order valence-corrected chi connectivity index (χ1v) is 5.37. The number of piperidine rings is 1. The summed E-state index contributed by atoms with van der Waals surface area (Å²) < 4.78 is 0. The molecule has 0 aromatic heterocycles. The number of aliphatic hydroxyl groups excluding tert-OH is 1. The second-order valence-corrected chi connectivity index (χ2v) is 4.12. The van der Waals surface area contributed by atoms with Gasteiger partial charge < -0.3 is 15.5 Å². The van der Waals surface area contributed by atoms with Gasteiger partial charge in [-0.15, -0.1) is 0 Å². The normalized spacial score (nSPS) is 31.5. The van der Waals surface area contributed by atoms with Crippen LogP contribution in [-0.2, 0) is 5.60 Å². The van der Waals surface area contributed by atoms with Crippen molar-refractivity contribution in [2.24, 2.45) is 5.92 Å². The third kappa shape index (κ3) is 1.91. The molecule has 1 fully saturated rings. The van der Waals surface area contributed by atoms with Crippen LogP contribution in [-0.4, -0.2) is 29.9 Å². The summed E-state index contributed by atoms with van der Waals surface area (Å²) >= 11 is 0. The van der Waals surface area contributed by atoms with Gasteiger partial charge in [0.15, 0.2) is 0 Å². The highest BCUT2D eigenvalue weighted by Crippen LogP contribution is 2.34. The Labute approximate surface area is 89.8 Å². The van der Waals surface area contributed by atoms with Gasteiger partial charge >= 0.3 is 0 Å². The van der Waals surface area contributed by atoms with Crippen LogP contribution in [0.4, 0.5) is 0 Å². The number of aliphatic hydroxyl groups is 2. The Morgan fingerprint density at radius 2 is 2.07 bits per heavy atom. The van der Waals surface area contributed by atoms with E-state index in [0.29, 0.717) is 13.0 Å². The maximum atomic E-state index is 10.6. The van der Waals surface area contributed by atoms with Crippen LogP contribution in [0.5, 0.6) is 0 Å². The van der Waals surface area contributed by atoms with Crippen LogP contribution in [0.2, 0.25) is 0 Å². The summed E-state index contributed by atoms with van der Waals surface area (Å²) in [6.45, 7) is 1.47. The van der Waals surface area contributed by atoms with Gasteiger partial charge in [-0.3, -0.25) is 0 Å². The van der Waals surface area contributed by atoms with E-state index in [1.54, 1.807) is 0 Å². The Morgan fingerprint density at radius 3 is 2.73 bits per heavy atom. The molecule has 1 saturated heterocycles. The lowest BCUT2D eigenvalue weighted by Gasteiger charge is -2.39. The minimum absolute atomic E-state index is 0.0123. The van der Waals surface area contributed by atoms with E-state index in [4.69, 9.17) is 0 Å². The molecular formula is C12H17NO2. The second-order valence-electron chi connectivity index (χ2n) is 4.12. The molecule has 1 aromatic rings. The van der Waals surface area contributed by atoms with Gasteiger partial charge in [0.1, 0.15) is 0 Å². The molecule has 2 atom stereocenters. The summed E-state index contributed by atoms with van der Waals surface area (Å²) in [5.41, 5.74) is 0.0342. The summed E-state index contributed by atoms with van der Waals surface area (Å²) in [6.07, 6.45) is 0.655. The molecule has 3 heteroatoms. The molecule has 0 saturated carbocycles. The molecule has 3 nitrogen and oxygen atoms in total. The lowest BCUT2D eigenvalue weighted by Crippen LogP contribution is -2.49. The van der Waals surface area contributed by atoms with E-state index >= 15 is 0 Å². The molecule has 3 N–H and O–H groups in total. The fourth-order valence-electron chi connectivity index (χ4n) is 2.25. The zero-order valence-corrected chi connectivity index (χ0v) is 8.69. The molecule has 1 aliphatic heterocycles. The molecule has 0 radical (unpaired) electrons. The molecule has 1 heterocycles. The maximum Gasteiger partial charge on any atom is 0.0970 e. The van der Waals surface area contributed by atoms with E-state index < -0.39 is 5.60 Å². The molecule has 2 unspecified atom stereocenters. The minimum atomic E-state index is -0.874. The highest BCUT2D eigenvalue weighted by atomic mass is 16.3. The van der Waals surface area contributed by atoms with Crippen LogP contribution in [0.15, 0.2) is 30.3 Å². The van der Waals surface area contributed by atoms with Crippen molar-refractivity contribution in [3.63, 3.8) is 0 Å². The lowest BCUT2D eigenvalue weighted by molar-refractivity contribution is -0.0651. The molecule has 2 rings (SSSR count). The first-order chi connectivity index (χ1) is 7.27. The van der Waals surface area contributed by atoms with Crippen molar-refractivity contribution < 1.29 is 10.2 Å². The lowest BCUT2D eigenvalue weighted by atomic mass is 9.77. The van der Waals surface area contributed by atoms with Gasteiger partial charge in [0, 0.05) is 12.5 Å². The Hall–Kier alpha value is -0.900. The number of hydrogen-bond donors (Lipinski definition) is 3. The van der Waals surface area contributed by atoms with Crippen LogP contribution in [0.3, 0.4) is 0 Å². The molecule has 0 bridgehead atoms. The molecule has 0 amide bonds. The number of hydrogen-bond acceptors (Lipinski definition) is 3. The summed E-state index contributed by atoms with van der Waals surface area (Å²) in [4.78, 5) is 0. The third-order valence-corrected chi connectivity index (χ3v) is 3.24. The van der Waals surface area contributed by atoms with E-state index in [-0.39, 0.29) is 12.5 Å². The van der Waals surface area contributed by atoms with Crippen molar-refractivity contribution >= 4 is 0 Å². The molecule has 0 spiro atoms. The van der Waals surface area contributed by atoms with Crippen molar-refractivity contribution in [1.29, 1.82) is 0 Å². The van der Waals surface area contributed by atoms with Crippen LogP contribution < -0.4 is 5.32 Å². The van der Waals surface area contributed by atoms with Gasteiger partial charge in [-0.25, -0.2) is 0 Å². The summed E-state index contributed by atoms with van der Waals surface area (Å²) in [6, 6.07) is 9.62. The highest BCUT2D eigenvalue weighted by Gasteiger charge is 2.39. The molecule has 82 valence electrons. The van der Waals surface area contributed by atoms with Gasteiger partial charge in [0.2, 0.25) is 0 Å². The molecule has 0 aliphatic carbocycles. The molecular weight excluding hydrogens is 190 g/mol. The highest BCUT2D eigenvalue weighted by molar-refractivity contribution is 5.24. The summed E-state index contributed by atoms with van der Waals surface area (Å²) in [5, 5.41) is 23.1. The van der Waals surface area contributed by atoms with E-state index in [1.807, 2.05) is 30.3 Å². The van der Waals surface area contributed by atoms with Crippen LogP contribution in [0.1, 0.15) is 12.0 Å².